The van der Waals surface area contributed by atoms with Crippen LogP contribution in [0.25, 0.3) is 5.69 Å². The third-order valence-corrected chi connectivity index (χ3v) is 7.50. The molecule has 2 aromatic rings. The predicted octanol–water partition coefficient (Wildman–Crippen LogP) is 7.40. The van der Waals surface area contributed by atoms with Gasteiger partial charge in [-0.2, -0.15) is 0 Å². The van der Waals surface area contributed by atoms with Crippen LogP contribution in [0.1, 0.15) is 101 Å². The molecular formula is C27H39NO. The third-order valence-electron chi connectivity index (χ3n) is 7.50. The molecule has 2 aliphatic carbocycles. The number of hydrogen-bond acceptors (Lipinski definition) is 1. The lowest BCUT2D eigenvalue weighted by atomic mass is 9.82. The molecule has 0 N–H and O–H groups in total. The van der Waals surface area contributed by atoms with Gasteiger partial charge < -0.3 is 9.30 Å². The summed E-state index contributed by atoms with van der Waals surface area (Å²) in [6.45, 7) is 11.6. The fourth-order valence-electron chi connectivity index (χ4n) is 5.10. The maximum Gasteiger partial charge on any atom is 0.100 e. The van der Waals surface area contributed by atoms with E-state index >= 15 is 0 Å². The van der Waals surface area contributed by atoms with E-state index in [4.69, 9.17) is 4.74 Å². The molecule has 1 unspecified atom stereocenters. The lowest BCUT2D eigenvalue weighted by Gasteiger charge is -2.31. The van der Waals surface area contributed by atoms with Crippen molar-refractivity contribution in [3.63, 3.8) is 0 Å². The van der Waals surface area contributed by atoms with Gasteiger partial charge in [0.25, 0.3) is 0 Å². The molecular weight excluding hydrogens is 354 g/mol. The second-order valence-electron chi connectivity index (χ2n) is 10.9. The van der Waals surface area contributed by atoms with Gasteiger partial charge >= 0.3 is 0 Å². The lowest BCUT2D eigenvalue weighted by Crippen LogP contribution is -2.21. The molecule has 158 valence electrons. The van der Waals surface area contributed by atoms with Crippen LogP contribution in [0.3, 0.4) is 0 Å². The number of aromatic nitrogens is 1. The molecule has 2 saturated carbocycles. The van der Waals surface area contributed by atoms with E-state index in [-0.39, 0.29) is 11.5 Å². The Morgan fingerprint density at radius 1 is 1.07 bits per heavy atom. The zero-order valence-corrected chi connectivity index (χ0v) is 19.3. The van der Waals surface area contributed by atoms with Gasteiger partial charge in [-0.15, -0.1) is 0 Å². The fourth-order valence-corrected chi connectivity index (χ4v) is 5.10. The summed E-state index contributed by atoms with van der Waals surface area (Å²) in [5.41, 5.74) is 7.46. The van der Waals surface area contributed by atoms with Gasteiger partial charge in [-0.1, -0.05) is 53.0 Å². The molecule has 2 nitrogen and oxygen atoms in total. The summed E-state index contributed by atoms with van der Waals surface area (Å²) in [6, 6.07) is 9.58. The molecule has 1 aromatic carbocycles. The maximum atomic E-state index is 6.16. The van der Waals surface area contributed by atoms with Crippen LogP contribution < -0.4 is 0 Å². The molecule has 4 rings (SSSR count). The monoisotopic (exact) mass is 393 g/mol. The second kappa shape index (κ2) is 7.61. The first kappa shape index (κ1) is 20.7. The molecule has 2 aliphatic rings. The molecule has 2 fully saturated rings. The van der Waals surface area contributed by atoms with Crippen LogP contribution in [0.4, 0.5) is 0 Å². The first-order chi connectivity index (χ1) is 13.7. The molecule has 29 heavy (non-hydrogen) atoms. The van der Waals surface area contributed by atoms with Crippen LogP contribution in [-0.2, 0) is 15.6 Å². The summed E-state index contributed by atoms with van der Waals surface area (Å²) in [7, 11) is 1.90. The molecule has 0 bridgehead atoms. The average Bonchev–Trinajstić information content (AvgIpc) is 3.35. The summed E-state index contributed by atoms with van der Waals surface area (Å²) >= 11 is 0. The second-order valence-corrected chi connectivity index (χ2v) is 10.9. The van der Waals surface area contributed by atoms with Crippen molar-refractivity contribution >= 4 is 0 Å². The number of ether oxygens (including phenoxy) is 1. The maximum absolute atomic E-state index is 6.16. The van der Waals surface area contributed by atoms with Gasteiger partial charge in [0.05, 0.1) is 5.69 Å². The zero-order valence-electron chi connectivity index (χ0n) is 19.3. The van der Waals surface area contributed by atoms with Crippen LogP contribution >= 0.6 is 0 Å². The molecule has 1 heterocycles. The molecule has 0 spiro atoms. The van der Waals surface area contributed by atoms with Crippen molar-refractivity contribution < 1.29 is 4.74 Å². The van der Waals surface area contributed by atoms with Crippen LogP contribution in [-0.4, -0.2) is 11.7 Å². The van der Waals surface area contributed by atoms with E-state index in [0.717, 1.165) is 0 Å². The van der Waals surface area contributed by atoms with E-state index in [1.54, 1.807) is 0 Å². The van der Waals surface area contributed by atoms with E-state index in [1.807, 2.05) is 7.11 Å². The predicted molar refractivity (Wildman–Crippen MR) is 122 cm³/mol. The molecule has 0 saturated heterocycles. The van der Waals surface area contributed by atoms with Gasteiger partial charge in [-0.05, 0) is 84.2 Å². The molecule has 0 aliphatic heterocycles. The number of methoxy groups -OCH3 is 1. The lowest BCUT2D eigenvalue weighted by molar-refractivity contribution is 0.0307. The summed E-state index contributed by atoms with van der Waals surface area (Å²) in [5.74, 6) is 0.632. The Kier molecular flexibility index (Phi) is 5.44. The Bertz CT molecular complexity index is 836. The van der Waals surface area contributed by atoms with E-state index in [2.05, 4.69) is 69.6 Å². The largest absolute Gasteiger partial charge is 0.375 e. The smallest absolute Gasteiger partial charge is 0.100 e. The van der Waals surface area contributed by atoms with E-state index < -0.39 is 0 Å². The highest BCUT2D eigenvalue weighted by Crippen LogP contribution is 2.49. The van der Waals surface area contributed by atoms with E-state index in [0.29, 0.717) is 11.3 Å². The highest BCUT2D eigenvalue weighted by molar-refractivity contribution is 5.49. The van der Waals surface area contributed by atoms with E-state index in [9.17, 15) is 0 Å². The minimum Gasteiger partial charge on any atom is -0.375 e. The van der Waals surface area contributed by atoms with Gasteiger partial charge in [0.15, 0.2) is 0 Å². The number of rotatable bonds is 5. The molecule has 1 atom stereocenters. The SMILES string of the molecule is COC(c1c(C)ccn1-c1cc(C(C)(C)C)cc(C2(C)CC2)c1)C1CCCCC1. The van der Waals surface area contributed by atoms with Crippen molar-refractivity contribution in [3.05, 3.63) is 52.8 Å². The molecule has 0 amide bonds. The van der Waals surface area contributed by atoms with E-state index in [1.165, 1.54) is 73.0 Å². The Labute approximate surface area is 177 Å². The molecule has 2 heteroatoms. The van der Waals surface area contributed by atoms with Crippen molar-refractivity contribution in [1.82, 2.24) is 4.57 Å². The molecule has 0 radical (unpaired) electrons. The Morgan fingerprint density at radius 2 is 1.76 bits per heavy atom. The fraction of sp³-hybridized carbons (Fsp3) is 0.630. The highest BCUT2D eigenvalue weighted by Gasteiger charge is 2.40. The van der Waals surface area contributed by atoms with Gasteiger partial charge in [-0.3, -0.25) is 0 Å². The van der Waals surface area contributed by atoms with Crippen LogP contribution in [0, 0.1) is 12.8 Å². The third kappa shape index (κ3) is 4.06. The minimum absolute atomic E-state index is 0.141. The number of nitrogens with zero attached hydrogens (tertiary/aromatic N) is 1. The first-order valence-electron chi connectivity index (χ1n) is 11.6. The minimum atomic E-state index is 0.141. The van der Waals surface area contributed by atoms with Gasteiger partial charge in [0.1, 0.15) is 6.10 Å². The average molecular weight is 394 g/mol. The normalized spacial score (nSPS) is 20.6. The van der Waals surface area contributed by atoms with Crippen LogP contribution in [0.5, 0.6) is 0 Å². The van der Waals surface area contributed by atoms with Crippen LogP contribution in [0.2, 0.25) is 0 Å². The standard InChI is InChI=1S/C27H39NO/c1-19-12-15-28(24(19)25(29-6)20-10-8-7-9-11-20)23-17-21(26(2,3)4)16-22(18-23)27(5)13-14-27/h12,15-18,20,25H,7-11,13-14H2,1-6H3. The quantitative estimate of drug-likeness (QED) is 0.516. The Morgan fingerprint density at radius 3 is 2.34 bits per heavy atom. The number of benzene rings is 1. The summed E-state index contributed by atoms with van der Waals surface area (Å²) in [6.07, 6.45) is 11.7. The van der Waals surface area contributed by atoms with Crippen molar-refractivity contribution in [3.8, 4) is 5.69 Å². The van der Waals surface area contributed by atoms with Crippen molar-refractivity contribution in [1.29, 1.82) is 0 Å². The van der Waals surface area contributed by atoms with Crippen molar-refractivity contribution in [2.24, 2.45) is 5.92 Å². The zero-order chi connectivity index (χ0) is 20.8. The summed E-state index contributed by atoms with van der Waals surface area (Å²) < 4.78 is 8.60. The summed E-state index contributed by atoms with van der Waals surface area (Å²) in [4.78, 5) is 0. The van der Waals surface area contributed by atoms with Gasteiger partial charge in [-0.25, -0.2) is 0 Å². The van der Waals surface area contributed by atoms with Gasteiger partial charge in [0, 0.05) is 19.0 Å². The van der Waals surface area contributed by atoms with Crippen LogP contribution in [0.15, 0.2) is 30.5 Å². The Hall–Kier alpha value is -1.54. The number of hydrogen-bond donors (Lipinski definition) is 0. The molecule has 1 aromatic heterocycles. The first-order valence-corrected chi connectivity index (χ1v) is 11.6. The van der Waals surface area contributed by atoms with Crippen molar-refractivity contribution in [2.45, 2.75) is 96.5 Å². The highest BCUT2D eigenvalue weighted by atomic mass is 16.5. The number of aryl methyl sites for hydroxylation is 1. The van der Waals surface area contributed by atoms with Gasteiger partial charge in [0.2, 0.25) is 0 Å². The summed E-state index contributed by atoms with van der Waals surface area (Å²) in [5, 5.41) is 0. The Balaban J connectivity index is 1.81. The van der Waals surface area contributed by atoms with Crippen molar-refractivity contribution in [2.75, 3.05) is 7.11 Å². The topological polar surface area (TPSA) is 14.2 Å².